The molecule has 2 aromatic carbocycles. The molecule has 7 nitrogen and oxygen atoms in total. The van der Waals surface area contributed by atoms with Crippen LogP contribution in [0.1, 0.15) is 70.4 Å². The van der Waals surface area contributed by atoms with Gasteiger partial charge >= 0.3 is 5.97 Å². The van der Waals surface area contributed by atoms with E-state index in [1.165, 1.54) is 0 Å². The van der Waals surface area contributed by atoms with Crippen LogP contribution in [0.5, 0.6) is 11.5 Å². The lowest BCUT2D eigenvalue weighted by atomic mass is 9.63. The Kier molecular flexibility index (Phi) is 8.39. The first-order valence-electron chi connectivity index (χ1n) is 14.0. The van der Waals surface area contributed by atoms with Crippen LogP contribution in [-0.2, 0) is 21.0 Å². The number of ether oxygens (including phenoxy) is 2. The Morgan fingerprint density at radius 3 is 2.02 bits per heavy atom. The van der Waals surface area contributed by atoms with Crippen LogP contribution in [0.15, 0.2) is 63.4 Å². The van der Waals surface area contributed by atoms with Gasteiger partial charge in [0.15, 0.2) is 23.1 Å². The van der Waals surface area contributed by atoms with Crippen molar-refractivity contribution in [3.8, 4) is 11.5 Å². The smallest absolute Gasteiger partial charge is 0.323 e. The van der Waals surface area contributed by atoms with Crippen molar-refractivity contribution in [2.45, 2.75) is 65.9 Å². The number of benzene rings is 2. The summed E-state index contributed by atoms with van der Waals surface area (Å²) >= 11 is 5.67. The molecule has 0 aromatic heterocycles. The second-order valence-electron chi connectivity index (χ2n) is 13.0. The molecule has 0 saturated heterocycles. The summed E-state index contributed by atoms with van der Waals surface area (Å²) in [4.78, 5) is 41.7. The number of methoxy groups -OCH3 is 1. The number of halogens is 2. The predicted molar refractivity (Wildman–Crippen MR) is 171 cm³/mol. The maximum Gasteiger partial charge on any atom is 0.323 e. The maximum absolute atomic E-state index is 13.9. The minimum Gasteiger partial charge on any atom is -0.493 e. The number of aliphatic carboxylic acids is 1. The molecule has 0 saturated carbocycles. The van der Waals surface area contributed by atoms with Gasteiger partial charge in [0.2, 0.25) is 0 Å². The number of carboxylic acid groups (broad SMARTS) is 1. The van der Waals surface area contributed by atoms with Crippen LogP contribution < -0.4 is 9.47 Å². The van der Waals surface area contributed by atoms with E-state index in [4.69, 9.17) is 9.47 Å². The summed E-state index contributed by atoms with van der Waals surface area (Å²) in [6.07, 6.45) is 1.75. The number of hydrogen-bond acceptors (Lipinski definition) is 6. The van der Waals surface area contributed by atoms with Crippen molar-refractivity contribution in [1.29, 1.82) is 0 Å². The zero-order chi connectivity index (χ0) is 30.6. The molecular weight excluding hydrogens is 713 g/mol. The molecule has 222 valence electrons. The summed E-state index contributed by atoms with van der Waals surface area (Å²) in [5.41, 5.74) is 3.60. The first kappa shape index (κ1) is 30.8. The molecule has 0 amide bonds. The molecule has 0 radical (unpaired) electrons. The lowest BCUT2D eigenvalue weighted by Gasteiger charge is -2.48. The molecule has 0 fully saturated rings. The van der Waals surface area contributed by atoms with Gasteiger partial charge in [-0.2, -0.15) is 0 Å². The molecule has 1 N–H and O–H groups in total. The predicted octanol–water partition coefficient (Wildman–Crippen LogP) is 7.41. The number of allylic oxidation sites excluding steroid dienone is 4. The summed E-state index contributed by atoms with van der Waals surface area (Å²) in [5.74, 6) is -0.592. The van der Waals surface area contributed by atoms with Crippen molar-refractivity contribution in [2.75, 3.05) is 13.7 Å². The van der Waals surface area contributed by atoms with E-state index in [2.05, 4.69) is 38.5 Å². The van der Waals surface area contributed by atoms with E-state index in [9.17, 15) is 19.5 Å². The molecule has 0 atom stereocenters. The van der Waals surface area contributed by atoms with Gasteiger partial charge in [-0.15, -0.1) is 0 Å². The Labute approximate surface area is 268 Å². The summed E-state index contributed by atoms with van der Waals surface area (Å²) in [6, 6.07) is 11.7. The van der Waals surface area contributed by atoms with Crippen LogP contribution in [0.4, 0.5) is 0 Å². The fourth-order valence-electron chi connectivity index (χ4n) is 6.49. The third-order valence-corrected chi connectivity index (χ3v) is 9.53. The van der Waals surface area contributed by atoms with E-state index >= 15 is 0 Å². The van der Waals surface area contributed by atoms with E-state index in [1.54, 1.807) is 12.0 Å². The average molecular weight is 748 g/mol. The van der Waals surface area contributed by atoms with Gasteiger partial charge in [-0.3, -0.25) is 14.4 Å². The highest BCUT2D eigenvalue weighted by molar-refractivity contribution is 14.1. The Balaban J connectivity index is 1.66. The molecule has 1 aliphatic heterocycles. The quantitative estimate of drug-likeness (QED) is 0.295. The highest BCUT2D eigenvalue weighted by Crippen LogP contribution is 2.55. The molecule has 5 rings (SSSR count). The third-order valence-electron chi connectivity index (χ3n) is 8.20. The van der Waals surface area contributed by atoms with Crippen molar-refractivity contribution in [1.82, 2.24) is 4.90 Å². The van der Waals surface area contributed by atoms with Crippen LogP contribution >= 0.6 is 38.5 Å². The Morgan fingerprint density at radius 2 is 1.52 bits per heavy atom. The van der Waals surface area contributed by atoms with Crippen LogP contribution in [0.2, 0.25) is 0 Å². The first-order chi connectivity index (χ1) is 19.7. The van der Waals surface area contributed by atoms with E-state index in [0.29, 0.717) is 54.9 Å². The summed E-state index contributed by atoms with van der Waals surface area (Å²) in [5, 5.41) is 9.91. The molecule has 1 heterocycles. The van der Waals surface area contributed by atoms with Gasteiger partial charge in [0, 0.05) is 45.8 Å². The second-order valence-corrected chi connectivity index (χ2v) is 15.0. The van der Waals surface area contributed by atoms with E-state index in [0.717, 1.165) is 30.6 Å². The number of Topliss-reactive ketones (excluding diaryl/α,β-unsaturated/α-hetero) is 2. The van der Waals surface area contributed by atoms with Crippen LogP contribution in [0.3, 0.4) is 0 Å². The van der Waals surface area contributed by atoms with Gasteiger partial charge in [-0.1, -0.05) is 55.8 Å². The first-order valence-corrected chi connectivity index (χ1v) is 15.8. The number of rotatable bonds is 7. The monoisotopic (exact) mass is 747 g/mol. The number of carboxylic acids is 1. The number of nitrogens with zero attached hydrogens (tertiary/aromatic N) is 1. The zero-order valence-electron chi connectivity index (χ0n) is 24.5. The number of carbonyl (C=O) groups is 3. The van der Waals surface area contributed by atoms with Gasteiger partial charge < -0.3 is 19.5 Å². The SMILES string of the molecule is COc1cc(C2C3=C(CC(C)(C)CC3=O)N(CC(=O)O)C3=C2C(=O)CC(C)(C)C3)cc(I)c1OCc1ccc(Br)cc1. The number of carbonyl (C=O) groups excluding carboxylic acids is 2. The topological polar surface area (TPSA) is 93.1 Å². The molecule has 9 heteroatoms. The van der Waals surface area contributed by atoms with Gasteiger partial charge in [0.05, 0.1) is 10.7 Å². The average Bonchev–Trinajstić information content (AvgIpc) is 2.87. The molecule has 0 unspecified atom stereocenters. The van der Waals surface area contributed by atoms with E-state index < -0.39 is 11.9 Å². The summed E-state index contributed by atoms with van der Waals surface area (Å²) in [7, 11) is 1.58. The minimum absolute atomic E-state index is 0.0460. The van der Waals surface area contributed by atoms with Gasteiger partial charge in [-0.05, 0) is 81.7 Å². The lowest BCUT2D eigenvalue weighted by molar-refractivity contribution is -0.138. The Morgan fingerprint density at radius 1 is 0.976 bits per heavy atom. The Hall–Kier alpha value is -2.66. The highest BCUT2D eigenvalue weighted by atomic mass is 127. The standard InChI is InChI=1S/C33H35BrINO6/c1-32(2)12-22-29(24(37)14-32)28(30-23(36(22)16-27(39)40)13-33(3,4)15-25(30)38)19-10-21(35)31(26(11-19)41-5)42-17-18-6-8-20(34)9-7-18/h6-11,28H,12-17H2,1-5H3,(H,39,40). The fraction of sp³-hybridized carbons (Fsp3) is 0.424. The molecular formula is C33H35BrINO6. The van der Waals surface area contributed by atoms with Crippen LogP contribution in [0, 0.1) is 14.4 Å². The van der Waals surface area contributed by atoms with Gasteiger partial charge in [0.25, 0.3) is 0 Å². The second kappa shape index (κ2) is 11.4. The highest BCUT2D eigenvalue weighted by Gasteiger charge is 2.49. The molecule has 42 heavy (non-hydrogen) atoms. The molecule has 2 aromatic rings. The number of ketones is 2. The van der Waals surface area contributed by atoms with E-state index in [-0.39, 0.29) is 28.9 Å². The van der Waals surface area contributed by atoms with Crippen LogP contribution in [-0.4, -0.2) is 41.2 Å². The molecule has 0 spiro atoms. The van der Waals surface area contributed by atoms with Crippen molar-refractivity contribution in [3.63, 3.8) is 0 Å². The van der Waals surface area contributed by atoms with Crippen LogP contribution in [0.25, 0.3) is 0 Å². The van der Waals surface area contributed by atoms with Gasteiger partial charge in [0.1, 0.15) is 13.2 Å². The van der Waals surface area contributed by atoms with Gasteiger partial charge in [-0.25, -0.2) is 0 Å². The zero-order valence-corrected chi connectivity index (χ0v) is 28.2. The van der Waals surface area contributed by atoms with Crippen molar-refractivity contribution < 1.29 is 29.0 Å². The molecule has 0 bridgehead atoms. The number of hydrogen-bond donors (Lipinski definition) is 1. The molecule has 3 aliphatic rings. The normalized spacial score (nSPS) is 19.9. The Bertz CT molecular complexity index is 1480. The lowest BCUT2D eigenvalue weighted by Crippen LogP contribution is -2.45. The van der Waals surface area contributed by atoms with Crippen molar-refractivity contribution in [3.05, 3.63) is 78.1 Å². The summed E-state index contributed by atoms with van der Waals surface area (Å²) in [6.45, 7) is 8.19. The van der Waals surface area contributed by atoms with E-state index in [1.807, 2.05) is 64.1 Å². The third kappa shape index (κ3) is 6.04. The maximum atomic E-state index is 13.9. The summed E-state index contributed by atoms with van der Waals surface area (Å²) < 4.78 is 13.8. The van der Waals surface area contributed by atoms with Crippen molar-refractivity contribution >= 4 is 56.1 Å². The van der Waals surface area contributed by atoms with Crippen molar-refractivity contribution in [2.24, 2.45) is 10.8 Å². The fourth-order valence-corrected chi connectivity index (χ4v) is 7.54. The molecule has 2 aliphatic carbocycles. The largest absolute Gasteiger partial charge is 0.493 e. The minimum atomic E-state index is -0.998.